The van der Waals surface area contributed by atoms with E-state index < -0.39 is 11.9 Å². The quantitative estimate of drug-likeness (QED) is 0.725. The molecule has 0 radical (unpaired) electrons. The Morgan fingerprint density at radius 1 is 1.00 bits per heavy atom. The third-order valence-corrected chi connectivity index (χ3v) is 2.98. The standard InChI is InChI=1S/C13H7ClF3N5/c14-10-4-2-8-11(22-10)12(20-6-19-8)21-7-1-3-9(18-5-7)13(15,16)17/h1-6H,(H,19,20,21). The fourth-order valence-electron chi connectivity index (χ4n) is 1.78. The van der Waals surface area contributed by atoms with Crippen molar-refractivity contribution in [3.05, 3.63) is 47.6 Å². The molecule has 0 amide bonds. The normalized spacial score (nSPS) is 11.6. The van der Waals surface area contributed by atoms with E-state index in [4.69, 9.17) is 11.6 Å². The molecule has 0 unspecified atom stereocenters. The number of alkyl halides is 3. The highest BCUT2D eigenvalue weighted by Crippen LogP contribution is 2.28. The highest BCUT2D eigenvalue weighted by Gasteiger charge is 2.32. The van der Waals surface area contributed by atoms with Crippen molar-refractivity contribution in [2.24, 2.45) is 0 Å². The third kappa shape index (κ3) is 2.91. The van der Waals surface area contributed by atoms with Crippen LogP contribution in [0.25, 0.3) is 11.0 Å². The summed E-state index contributed by atoms with van der Waals surface area (Å²) in [5, 5.41) is 3.11. The first kappa shape index (κ1) is 14.5. The molecule has 3 aromatic heterocycles. The zero-order valence-electron chi connectivity index (χ0n) is 10.8. The Hall–Kier alpha value is -2.48. The maximum Gasteiger partial charge on any atom is 0.433 e. The molecule has 112 valence electrons. The van der Waals surface area contributed by atoms with Gasteiger partial charge in [0.1, 0.15) is 22.7 Å². The molecule has 0 bridgehead atoms. The Morgan fingerprint density at radius 2 is 1.82 bits per heavy atom. The molecule has 0 fully saturated rings. The lowest BCUT2D eigenvalue weighted by Gasteiger charge is -2.09. The molecular weight excluding hydrogens is 319 g/mol. The highest BCUT2D eigenvalue weighted by molar-refractivity contribution is 6.29. The number of rotatable bonds is 2. The summed E-state index contributed by atoms with van der Waals surface area (Å²) in [6.07, 6.45) is -2.09. The van der Waals surface area contributed by atoms with Crippen molar-refractivity contribution >= 4 is 34.1 Å². The molecule has 0 aliphatic carbocycles. The number of hydrogen-bond acceptors (Lipinski definition) is 5. The van der Waals surface area contributed by atoms with E-state index in [0.29, 0.717) is 22.5 Å². The molecular formula is C13H7ClF3N5. The third-order valence-electron chi connectivity index (χ3n) is 2.76. The van der Waals surface area contributed by atoms with E-state index in [1.54, 1.807) is 12.1 Å². The zero-order valence-corrected chi connectivity index (χ0v) is 11.5. The van der Waals surface area contributed by atoms with Gasteiger partial charge in [0.15, 0.2) is 5.82 Å². The first-order valence-electron chi connectivity index (χ1n) is 6.01. The largest absolute Gasteiger partial charge is 0.433 e. The number of nitrogens with one attached hydrogen (secondary N) is 1. The number of nitrogens with zero attached hydrogens (tertiary/aromatic N) is 4. The number of pyridine rings is 2. The van der Waals surface area contributed by atoms with Gasteiger partial charge in [-0.2, -0.15) is 13.2 Å². The Bertz CT molecular complexity index is 820. The molecule has 0 aliphatic heterocycles. The van der Waals surface area contributed by atoms with Crippen molar-refractivity contribution < 1.29 is 13.2 Å². The van der Waals surface area contributed by atoms with Gasteiger partial charge in [0, 0.05) is 0 Å². The topological polar surface area (TPSA) is 63.6 Å². The van der Waals surface area contributed by atoms with E-state index in [-0.39, 0.29) is 5.15 Å². The summed E-state index contributed by atoms with van der Waals surface area (Å²) in [5.74, 6) is 0.328. The van der Waals surface area contributed by atoms with Crippen LogP contribution in [0, 0.1) is 0 Å². The fourth-order valence-corrected chi connectivity index (χ4v) is 1.93. The molecule has 22 heavy (non-hydrogen) atoms. The number of aromatic nitrogens is 4. The molecule has 0 saturated heterocycles. The van der Waals surface area contributed by atoms with Crippen molar-refractivity contribution in [3.63, 3.8) is 0 Å². The molecule has 9 heteroatoms. The van der Waals surface area contributed by atoms with Gasteiger partial charge >= 0.3 is 6.18 Å². The lowest BCUT2D eigenvalue weighted by Crippen LogP contribution is -2.07. The first-order chi connectivity index (χ1) is 10.4. The van der Waals surface area contributed by atoms with Crippen molar-refractivity contribution in [1.82, 2.24) is 19.9 Å². The Labute approximate surface area is 127 Å². The lowest BCUT2D eigenvalue weighted by molar-refractivity contribution is -0.141. The van der Waals surface area contributed by atoms with Crippen LogP contribution in [0.4, 0.5) is 24.7 Å². The molecule has 1 N–H and O–H groups in total. The van der Waals surface area contributed by atoms with Crippen LogP contribution in [0.1, 0.15) is 5.69 Å². The first-order valence-corrected chi connectivity index (χ1v) is 6.39. The second-order valence-electron chi connectivity index (χ2n) is 4.28. The molecule has 3 aromatic rings. The van der Waals surface area contributed by atoms with Crippen LogP contribution in [0.3, 0.4) is 0 Å². The minimum atomic E-state index is -4.48. The highest BCUT2D eigenvalue weighted by atomic mass is 35.5. The van der Waals surface area contributed by atoms with Gasteiger partial charge in [0.2, 0.25) is 0 Å². The number of hydrogen-bond donors (Lipinski definition) is 1. The van der Waals surface area contributed by atoms with Crippen LogP contribution < -0.4 is 5.32 Å². The van der Waals surface area contributed by atoms with E-state index in [2.05, 4.69) is 25.3 Å². The van der Waals surface area contributed by atoms with Gasteiger partial charge in [-0.05, 0) is 24.3 Å². The number of fused-ring (bicyclic) bond motifs is 1. The smallest absolute Gasteiger partial charge is 0.337 e. The number of anilines is 2. The van der Waals surface area contributed by atoms with Crippen LogP contribution in [0.2, 0.25) is 5.15 Å². The van der Waals surface area contributed by atoms with E-state index in [1.165, 1.54) is 12.4 Å². The SMILES string of the molecule is FC(F)(F)c1ccc(Nc2ncnc3ccc(Cl)nc23)cn1. The van der Waals surface area contributed by atoms with Crippen molar-refractivity contribution in [3.8, 4) is 0 Å². The average molecular weight is 326 g/mol. The van der Waals surface area contributed by atoms with Crippen molar-refractivity contribution in [1.29, 1.82) is 0 Å². The van der Waals surface area contributed by atoms with Crippen LogP contribution in [0.15, 0.2) is 36.8 Å². The summed E-state index contributed by atoms with van der Waals surface area (Å²) < 4.78 is 37.4. The van der Waals surface area contributed by atoms with Gasteiger partial charge in [0.05, 0.1) is 17.4 Å². The van der Waals surface area contributed by atoms with E-state index in [9.17, 15) is 13.2 Å². The summed E-state index contributed by atoms with van der Waals surface area (Å²) in [6.45, 7) is 0. The van der Waals surface area contributed by atoms with E-state index in [1.807, 2.05) is 0 Å². The molecule has 3 heterocycles. The number of halogens is 4. The second-order valence-corrected chi connectivity index (χ2v) is 4.67. The van der Waals surface area contributed by atoms with Crippen LogP contribution in [-0.2, 0) is 6.18 Å². The Balaban J connectivity index is 1.95. The Kier molecular flexibility index (Phi) is 3.53. The van der Waals surface area contributed by atoms with Gasteiger partial charge in [-0.25, -0.2) is 19.9 Å². The van der Waals surface area contributed by atoms with Crippen LogP contribution >= 0.6 is 11.6 Å². The summed E-state index contributed by atoms with van der Waals surface area (Å²) in [7, 11) is 0. The zero-order chi connectivity index (χ0) is 15.7. The minimum absolute atomic E-state index is 0.260. The Morgan fingerprint density at radius 3 is 2.50 bits per heavy atom. The van der Waals surface area contributed by atoms with Gasteiger partial charge in [-0.3, -0.25) is 0 Å². The molecule has 0 spiro atoms. The van der Waals surface area contributed by atoms with Crippen LogP contribution in [-0.4, -0.2) is 19.9 Å². The summed E-state index contributed by atoms with van der Waals surface area (Å²) in [5.41, 5.74) is 0.346. The maximum atomic E-state index is 12.5. The van der Waals surface area contributed by atoms with Crippen molar-refractivity contribution in [2.45, 2.75) is 6.18 Å². The second kappa shape index (κ2) is 5.38. The average Bonchev–Trinajstić information content (AvgIpc) is 2.47. The molecule has 3 rings (SSSR count). The van der Waals surface area contributed by atoms with E-state index in [0.717, 1.165) is 12.3 Å². The van der Waals surface area contributed by atoms with Gasteiger partial charge in [-0.1, -0.05) is 11.6 Å². The molecule has 0 atom stereocenters. The predicted octanol–water partition coefficient (Wildman–Crippen LogP) is 3.84. The maximum absolute atomic E-state index is 12.5. The predicted molar refractivity (Wildman–Crippen MR) is 74.9 cm³/mol. The molecule has 0 saturated carbocycles. The summed E-state index contributed by atoms with van der Waals surface area (Å²) in [4.78, 5) is 15.5. The minimum Gasteiger partial charge on any atom is -0.337 e. The van der Waals surface area contributed by atoms with Gasteiger partial charge in [0.25, 0.3) is 0 Å². The van der Waals surface area contributed by atoms with E-state index >= 15 is 0 Å². The molecule has 0 aromatic carbocycles. The van der Waals surface area contributed by atoms with Crippen molar-refractivity contribution in [2.75, 3.05) is 5.32 Å². The van der Waals surface area contributed by atoms with Gasteiger partial charge < -0.3 is 5.32 Å². The summed E-state index contributed by atoms with van der Waals surface area (Å²) >= 11 is 5.83. The van der Waals surface area contributed by atoms with Gasteiger partial charge in [-0.15, -0.1) is 0 Å². The molecule has 5 nitrogen and oxygen atoms in total. The fraction of sp³-hybridized carbons (Fsp3) is 0.0769. The lowest BCUT2D eigenvalue weighted by atomic mass is 10.3. The molecule has 0 aliphatic rings. The summed E-state index contributed by atoms with van der Waals surface area (Å²) in [6, 6.07) is 5.39. The van der Waals surface area contributed by atoms with Crippen LogP contribution in [0.5, 0.6) is 0 Å². The monoisotopic (exact) mass is 325 g/mol.